The molecule has 2 aliphatic rings. The topological polar surface area (TPSA) is 95.8 Å². The van der Waals surface area contributed by atoms with Crippen LogP contribution < -0.4 is 0 Å². The van der Waals surface area contributed by atoms with Gasteiger partial charge >= 0.3 is 11.9 Å². The average molecular weight is 328 g/mol. The first kappa shape index (κ1) is 15.5. The third-order valence-corrected chi connectivity index (χ3v) is 3.08. The summed E-state index contributed by atoms with van der Waals surface area (Å²) in [5.41, 5.74) is 1.34. The molecule has 0 saturated heterocycles. The average Bonchev–Trinajstić information content (AvgIpc) is 3.12. The van der Waals surface area contributed by atoms with Crippen LogP contribution in [0.1, 0.15) is 11.1 Å². The maximum Gasteiger partial charge on any atom is 0.367 e. The number of benzene rings is 1. The van der Waals surface area contributed by atoms with Gasteiger partial charge in [0.05, 0.1) is 14.2 Å². The molecule has 0 unspecified atom stereocenters. The molecule has 0 fully saturated rings. The standard InChI is InChI=1S/C16H12N2O6/c1-21-7-11-15(19)23-13(17-11)9-3-5-10(6-4-9)14-18-12(8-22-2)16(20)24-14/h3-8H,1-2H3/b11-7+,12-8+. The van der Waals surface area contributed by atoms with Crippen molar-refractivity contribution < 1.29 is 28.5 Å². The van der Waals surface area contributed by atoms with Gasteiger partial charge in [0, 0.05) is 11.1 Å². The summed E-state index contributed by atoms with van der Waals surface area (Å²) in [6.45, 7) is 0. The first-order valence-corrected chi connectivity index (χ1v) is 6.81. The van der Waals surface area contributed by atoms with E-state index in [2.05, 4.69) is 9.98 Å². The number of esters is 2. The van der Waals surface area contributed by atoms with E-state index in [-0.39, 0.29) is 23.2 Å². The minimum absolute atomic E-state index is 0.0834. The molecule has 0 spiro atoms. The lowest BCUT2D eigenvalue weighted by atomic mass is 10.1. The lowest BCUT2D eigenvalue weighted by Crippen LogP contribution is -2.08. The number of rotatable bonds is 4. The van der Waals surface area contributed by atoms with Gasteiger partial charge in [-0.25, -0.2) is 19.6 Å². The van der Waals surface area contributed by atoms with Gasteiger partial charge in [-0.3, -0.25) is 0 Å². The Morgan fingerprint density at radius 3 is 1.50 bits per heavy atom. The summed E-state index contributed by atoms with van der Waals surface area (Å²) >= 11 is 0. The monoisotopic (exact) mass is 328 g/mol. The number of methoxy groups -OCH3 is 2. The first-order valence-electron chi connectivity index (χ1n) is 6.81. The fraction of sp³-hybridized carbons (Fsp3) is 0.125. The highest BCUT2D eigenvalue weighted by Gasteiger charge is 2.26. The molecule has 8 heteroatoms. The molecule has 0 amide bonds. The second-order valence-electron chi connectivity index (χ2n) is 4.67. The Morgan fingerprint density at radius 2 is 1.17 bits per heavy atom. The molecule has 0 N–H and O–H groups in total. The van der Waals surface area contributed by atoms with Crippen molar-refractivity contribution in [2.45, 2.75) is 0 Å². The fourth-order valence-corrected chi connectivity index (χ4v) is 2.01. The number of hydrogen-bond donors (Lipinski definition) is 0. The summed E-state index contributed by atoms with van der Waals surface area (Å²) in [5.74, 6) is -0.834. The highest BCUT2D eigenvalue weighted by atomic mass is 16.6. The Kier molecular flexibility index (Phi) is 4.11. The van der Waals surface area contributed by atoms with Gasteiger partial charge in [-0.2, -0.15) is 0 Å². The molecule has 24 heavy (non-hydrogen) atoms. The Balaban J connectivity index is 1.83. The van der Waals surface area contributed by atoms with Gasteiger partial charge in [0.2, 0.25) is 11.8 Å². The lowest BCUT2D eigenvalue weighted by Gasteiger charge is -2.02. The maximum atomic E-state index is 11.6. The summed E-state index contributed by atoms with van der Waals surface area (Å²) in [4.78, 5) is 31.2. The minimum Gasteiger partial charge on any atom is -0.502 e. The number of nitrogens with zero attached hydrogens (tertiary/aromatic N) is 2. The van der Waals surface area contributed by atoms with E-state index in [1.165, 1.54) is 26.7 Å². The van der Waals surface area contributed by atoms with Crippen molar-refractivity contribution in [2.24, 2.45) is 9.98 Å². The smallest absolute Gasteiger partial charge is 0.367 e. The van der Waals surface area contributed by atoms with Gasteiger partial charge in [0.15, 0.2) is 11.4 Å². The SMILES string of the molecule is CO/C=C1/N=C(c2ccc(C3=N/C(=C/OC)C(=O)O3)cc2)OC1=O. The van der Waals surface area contributed by atoms with Gasteiger partial charge in [0.1, 0.15) is 12.5 Å². The zero-order chi connectivity index (χ0) is 17.1. The van der Waals surface area contributed by atoms with Crippen LogP contribution in [-0.2, 0) is 28.5 Å². The quantitative estimate of drug-likeness (QED) is 0.469. The first-order chi connectivity index (χ1) is 11.6. The highest BCUT2D eigenvalue weighted by Crippen LogP contribution is 2.19. The largest absolute Gasteiger partial charge is 0.502 e. The highest BCUT2D eigenvalue weighted by molar-refractivity contribution is 6.13. The number of cyclic esters (lactones) is 2. The van der Waals surface area contributed by atoms with Crippen molar-refractivity contribution >= 4 is 23.7 Å². The van der Waals surface area contributed by atoms with Crippen molar-refractivity contribution in [1.29, 1.82) is 0 Å². The Morgan fingerprint density at radius 1 is 0.792 bits per heavy atom. The number of aliphatic imine (C=N–C) groups is 2. The molecular weight excluding hydrogens is 316 g/mol. The van der Waals surface area contributed by atoms with Crippen LogP contribution in [0.5, 0.6) is 0 Å². The van der Waals surface area contributed by atoms with Crippen LogP contribution in [0.2, 0.25) is 0 Å². The van der Waals surface area contributed by atoms with Gasteiger partial charge in [-0.1, -0.05) is 0 Å². The van der Waals surface area contributed by atoms with Crippen LogP contribution in [0.15, 0.2) is 58.2 Å². The van der Waals surface area contributed by atoms with Crippen LogP contribution in [0, 0.1) is 0 Å². The molecule has 0 radical (unpaired) electrons. The van der Waals surface area contributed by atoms with Crippen LogP contribution in [0.25, 0.3) is 0 Å². The second kappa shape index (κ2) is 6.37. The molecule has 122 valence electrons. The molecule has 1 aromatic carbocycles. The molecule has 2 heterocycles. The molecule has 0 aliphatic carbocycles. The van der Waals surface area contributed by atoms with E-state index < -0.39 is 11.9 Å². The van der Waals surface area contributed by atoms with Gasteiger partial charge in [-0.15, -0.1) is 0 Å². The number of carbonyl (C=O) groups excluding carboxylic acids is 2. The van der Waals surface area contributed by atoms with E-state index in [0.29, 0.717) is 11.1 Å². The Labute approximate surface area is 136 Å². The molecule has 0 saturated carbocycles. The predicted octanol–water partition coefficient (Wildman–Crippen LogP) is 1.27. The van der Waals surface area contributed by atoms with Crippen LogP contribution in [0.4, 0.5) is 0 Å². The molecule has 8 nitrogen and oxygen atoms in total. The van der Waals surface area contributed by atoms with E-state index in [9.17, 15) is 9.59 Å². The number of carbonyl (C=O) groups is 2. The Hall–Kier alpha value is -3.42. The van der Waals surface area contributed by atoms with E-state index >= 15 is 0 Å². The van der Waals surface area contributed by atoms with Crippen LogP contribution >= 0.6 is 0 Å². The molecule has 0 aromatic heterocycles. The summed E-state index contributed by atoms with van der Waals surface area (Å²) < 4.78 is 19.6. The zero-order valence-corrected chi connectivity index (χ0v) is 12.8. The molecule has 1 aromatic rings. The van der Waals surface area contributed by atoms with Crippen molar-refractivity contribution in [2.75, 3.05) is 14.2 Å². The lowest BCUT2D eigenvalue weighted by molar-refractivity contribution is -0.131. The predicted molar refractivity (Wildman–Crippen MR) is 81.9 cm³/mol. The van der Waals surface area contributed by atoms with Crippen LogP contribution in [-0.4, -0.2) is 38.0 Å². The minimum atomic E-state index is -0.584. The van der Waals surface area contributed by atoms with Crippen molar-refractivity contribution in [3.8, 4) is 0 Å². The summed E-state index contributed by atoms with van der Waals surface area (Å²) in [6, 6.07) is 6.69. The van der Waals surface area contributed by atoms with E-state index in [1.54, 1.807) is 24.3 Å². The third kappa shape index (κ3) is 2.89. The van der Waals surface area contributed by atoms with E-state index in [1.807, 2.05) is 0 Å². The molecular formula is C16H12N2O6. The van der Waals surface area contributed by atoms with Crippen molar-refractivity contribution in [1.82, 2.24) is 0 Å². The zero-order valence-electron chi connectivity index (χ0n) is 12.8. The fourth-order valence-electron chi connectivity index (χ4n) is 2.01. The maximum absolute atomic E-state index is 11.6. The molecule has 0 bridgehead atoms. The number of hydrogen-bond acceptors (Lipinski definition) is 8. The summed E-state index contributed by atoms with van der Waals surface area (Å²) in [5, 5.41) is 0. The Bertz CT molecular complexity index is 748. The third-order valence-electron chi connectivity index (χ3n) is 3.08. The molecule has 3 rings (SSSR count). The number of ether oxygens (including phenoxy) is 4. The summed E-state index contributed by atoms with van der Waals surface area (Å²) in [6.07, 6.45) is 2.42. The van der Waals surface area contributed by atoms with Crippen molar-refractivity contribution in [3.63, 3.8) is 0 Å². The van der Waals surface area contributed by atoms with Gasteiger partial charge < -0.3 is 18.9 Å². The summed E-state index contributed by atoms with van der Waals surface area (Å²) in [7, 11) is 2.83. The molecule has 2 aliphatic heterocycles. The van der Waals surface area contributed by atoms with Gasteiger partial charge in [0.25, 0.3) is 0 Å². The van der Waals surface area contributed by atoms with E-state index in [0.717, 1.165) is 0 Å². The van der Waals surface area contributed by atoms with Gasteiger partial charge in [-0.05, 0) is 24.3 Å². The normalized spacial score (nSPS) is 19.9. The van der Waals surface area contributed by atoms with Crippen molar-refractivity contribution in [3.05, 3.63) is 59.3 Å². The van der Waals surface area contributed by atoms with E-state index in [4.69, 9.17) is 18.9 Å². The second-order valence-corrected chi connectivity index (χ2v) is 4.67. The molecule has 0 atom stereocenters. The van der Waals surface area contributed by atoms with Crippen LogP contribution in [0.3, 0.4) is 0 Å².